The van der Waals surface area contributed by atoms with Gasteiger partial charge in [0.2, 0.25) is 0 Å². The Hall–Kier alpha value is -12.8. The number of nitrogens with zero attached hydrogens (tertiary/aromatic N) is 5. The van der Waals surface area contributed by atoms with Crippen molar-refractivity contribution in [2.75, 3.05) is 26.2 Å². The predicted octanol–water partition coefficient (Wildman–Crippen LogP) is 13.0. The molecule has 0 bridgehead atoms. The number of Topliss-reactive ketones (excluding diaryl/α,β-unsaturated/α-hetero) is 4. The van der Waals surface area contributed by atoms with Gasteiger partial charge in [-0.05, 0) is 75.1 Å². The van der Waals surface area contributed by atoms with Crippen LogP contribution < -0.4 is 21.3 Å². The van der Waals surface area contributed by atoms with Crippen molar-refractivity contribution in [2.45, 2.75) is 64.7 Å². The molecule has 23 nitrogen and oxygen atoms in total. The number of phenols is 2. The number of para-hydroxylation sites is 1. The van der Waals surface area contributed by atoms with Crippen LogP contribution in [0.25, 0.3) is 45.0 Å². The van der Waals surface area contributed by atoms with Crippen LogP contribution in [0.3, 0.4) is 0 Å². The summed E-state index contributed by atoms with van der Waals surface area (Å²) in [6.45, 7) is 3.49. The molecule has 0 aliphatic carbocycles. The number of phenolic OH excluding ortho intramolecular Hbond substituents is 2. The van der Waals surface area contributed by atoms with E-state index in [0.29, 0.717) is 127 Å². The summed E-state index contributed by atoms with van der Waals surface area (Å²) >= 11 is 1.33. The van der Waals surface area contributed by atoms with Crippen molar-refractivity contribution >= 4 is 58.1 Å². The van der Waals surface area contributed by atoms with Gasteiger partial charge in [-0.1, -0.05) is 181 Å². The standard InChI is InChI=1S/2C21H21N3O3.C20H19N3O2.C17H16N4O2S/c1-14-9-10-20(26)16(12-14)19(25)8-5-11-22-21(27)18-13-17(23-24-18)15-6-3-2-4-7-15;25-17(13-16-9-4-5-11-20(16)26)10-6-12-22-21(27)19-14-18(23-24-19)15-7-2-1-3-8-15;24-19(16-10-5-2-6-11-16)12-7-13-21-20(25)18-14-17(22-23-18)15-8-3-1-4-9-15;22-15(17-19-9-10-24-17)7-4-8-18-16(23)14-11-13(20-21-14)12-5-2-1-3-6-12/h2-4,6-7,9-10,12-13,26H,5,8,11H2,1H3,(H,22,27)(H,23,24);1-5,7-9,11,14,26H,6,10,12-13H2,(H,22,27)(H,23,24);1-6,8-11,14H,7,12-13H2,(H,21,25)(H,22,23);1-3,5-6,9-11H,4,7-8H2,(H,18,23)(H,20,21). The van der Waals surface area contributed by atoms with Crippen LogP contribution in [0.5, 0.6) is 11.5 Å². The number of hydrogen-bond acceptors (Lipinski definition) is 16. The summed E-state index contributed by atoms with van der Waals surface area (Å²) in [5.74, 6) is -0.873. The number of carbonyl (C=O) groups excluding carboxylic acids is 8. The SMILES string of the molecule is Cc1ccc(O)c(C(=O)CCCNC(=O)c2cc(-c3ccccc3)n[nH]2)c1.O=C(CCCNC(=O)c1cc(-c2ccccc2)n[nH]1)Cc1ccccc1O.O=C(CCCNC(=O)c1cc(-c2ccccc2)n[nH]1)c1ccccc1.O=C(NCCCC(=O)c1nccs1)c1cc(-c2ccccc2)n[nH]1. The van der Waals surface area contributed by atoms with Crippen molar-refractivity contribution in [3.8, 4) is 56.5 Å². The molecule has 0 aliphatic heterocycles. The molecule has 103 heavy (non-hydrogen) atoms. The molecule has 0 fully saturated rings. The number of carbonyl (C=O) groups is 8. The van der Waals surface area contributed by atoms with Gasteiger partial charge in [0.25, 0.3) is 23.6 Å². The van der Waals surface area contributed by atoms with Crippen LogP contribution in [0.1, 0.15) is 135 Å². The summed E-state index contributed by atoms with van der Waals surface area (Å²) in [5.41, 5.74) is 10.7. The highest BCUT2D eigenvalue weighted by atomic mass is 32.1. The maximum atomic E-state index is 12.2. The first-order valence-corrected chi connectivity index (χ1v) is 34.2. The molecule has 12 aromatic rings. The average molecular weight is 1400 g/mol. The van der Waals surface area contributed by atoms with Crippen LogP contribution in [0.2, 0.25) is 0 Å². The molecule has 0 atom stereocenters. The molecule has 0 radical (unpaired) electrons. The van der Waals surface area contributed by atoms with E-state index in [1.54, 1.807) is 84.4 Å². The van der Waals surface area contributed by atoms with Crippen molar-refractivity contribution < 1.29 is 48.6 Å². The lowest BCUT2D eigenvalue weighted by molar-refractivity contribution is -0.118. The molecule has 524 valence electrons. The molecule has 0 aliphatic rings. The predicted molar refractivity (Wildman–Crippen MR) is 394 cm³/mol. The minimum atomic E-state index is -0.268. The maximum absolute atomic E-state index is 12.2. The number of benzene rings is 7. The van der Waals surface area contributed by atoms with Crippen LogP contribution in [-0.4, -0.2) is 129 Å². The second kappa shape index (κ2) is 39.1. The summed E-state index contributed by atoms with van der Waals surface area (Å²) in [7, 11) is 0. The monoisotopic (exact) mass is 1400 g/mol. The highest BCUT2D eigenvalue weighted by Crippen LogP contribution is 2.24. The van der Waals surface area contributed by atoms with Crippen molar-refractivity contribution in [2.24, 2.45) is 0 Å². The molecule has 7 aromatic carbocycles. The Kier molecular flexibility index (Phi) is 28.2. The number of rotatable bonds is 29. The van der Waals surface area contributed by atoms with Crippen LogP contribution in [-0.2, 0) is 11.2 Å². The number of H-pyrrole nitrogens is 4. The highest BCUT2D eigenvalue weighted by molar-refractivity contribution is 7.11. The van der Waals surface area contributed by atoms with Crippen molar-refractivity contribution in [3.63, 3.8) is 0 Å². The number of ketones is 4. The molecule has 0 saturated heterocycles. The number of aromatic hydroxyl groups is 2. The molecule has 0 saturated carbocycles. The number of hydrogen-bond donors (Lipinski definition) is 10. The second-order valence-electron chi connectivity index (χ2n) is 23.4. The number of amides is 4. The van der Waals surface area contributed by atoms with Gasteiger partial charge >= 0.3 is 0 Å². The fourth-order valence-electron chi connectivity index (χ4n) is 10.2. The lowest BCUT2D eigenvalue weighted by Crippen LogP contribution is -2.25. The highest BCUT2D eigenvalue weighted by Gasteiger charge is 2.18. The third-order valence-electron chi connectivity index (χ3n) is 15.7. The van der Waals surface area contributed by atoms with E-state index in [4.69, 9.17) is 0 Å². The Labute approximate surface area is 598 Å². The van der Waals surface area contributed by atoms with E-state index in [0.717, 1.165) is 39.2 Å². The third kappa shape index (κ3) is 23.4. The summed E-state index contributed by atoms with van der Waals surface area (Å²) in [6, 6.07) is 66.2. The van der Waals surface area contributed by atoms with Gasteiger partial charge in [-0.15, -0.1) is 11.3 Å². The molecule has 0 spiro atoms. The molecule has 24 heteroatoms. The minimum absolute atomic E-state index is 0.00662. The summed E-state index contributed by atoms with van der Waals surface area (Å²) in [4.78, 5) is 101. The van der Waals surface area contributed by atoms with Gasteiger partial charge in [0.15, 0.2) is 22.4 Å². The van der Waals surface area contributed by atoms with Crippen LogP contribution in [0.15, 0.2) is 230 Å². The van der Waals surface area contributed by atoms with Gasteiger partial charge in [-0.2, -0.15) is 20.4 Å². The van der Waals surface area contributed by atoms with Gasteiger partial charge in [-0.3, -0.25) is 58.8 Å². The van der Waals surface area contributed by atoms with Crippen molar-refractivity contribution in [1.29, 1.82) is 0 Å². The normalized spacial score (nSPS) is 10.5. The van der Waals surface area contributed by atoms with Gasteiger partial charge in [0, 0.05) is 103 Å². The van der Waals surface area contributed by atoms with E-state index in [-0.39, 0.29) is 71.1 Å². The van der Waals surface area contributed by atoms with Gasteiger partial charge in [0.05, 0.1) is 28.3 Å². The first-order valence-electron chi connectivity index (χ1n) is 33.3. The first kappa shape index (κ1) is 74.4. The largest absolute Gasteiger partial charge is 0.508 e. The Bertz CT molecular complexity index is 4710. The van der Waals surface area contributed by atoms with E-state index in [2.05, 4.69) is 67.0 Å². The molecule has 5 heterocycles. The smallest absolute Gasteiger partial charge is 0.269 e. The molecule has 5 aromatic heterocycles. The van der Waals surface area contributed by atoms with Gasteiger partial charge in [0.1, 0.15) is 40.1 Å². The average Bonchev–Trinajstić information content (AvgIpc) is 1.81. The Morgan fingerprint density at radius 2 is 0.748 bits per heavy atom. The van der Waals surface area contributed by atoms with E-state index < -0.39 is 0 Å². The van der Waals surface area contributed by atoms with Gasteiger partial charge < -0.3 is 31.5 Å². The van der Waals surface area contributed by atoms with E-state index in [9.17, 15) is 48.6 Å². The topological polar surface area (TPSA) is 353 Å². The Morgan fingerprint density at radius 1 is 0.388 bits per heavy atom. The first-order chi connectivity index (χ1) is 50.1. The fourth-order valence-corrected chi connectivity index (χ4v) is 10.8. The molecule has 12 rings (SSSR count). The zero-order valence-electron chi connectivity index (χ0n) is 56.4. The third-order valence-corrected chi connectivity index (χ3v) is 16.5. The summed E-state index contributed by atoms with van der Waals surface area (Å²) in [5, 5.41) is 60.5. The zero-order chi connectivity index (χ0) is 72.6. The molecular formula is C79H77N13O10S. The van der Waals surface area contributed by atoms with E-state index in [1.165, 1.54) is 17.4 Å². The number of nitrogens with one attached hydrogen (secondary N) is 8. The quantitative estimate of drug-likeness (QED) is 0.0154. The Balaban J connectivity index is 0.000000160. The lowest BCUT2D eigenvalue weighted by Gasteiger charge is -2.06. The van der Waals surface area contributed by atoms with Crippen LogP contribution in [0.4, 0.5) is 0 Å². The number of thiazole rings is 1. The van der Waals surface area contributed by atoms with Gasteiger partial charge in [-0.25, -0.2) is 4.98 Å². The lowest BCUT2D eigenvalue weighted by atomic mass is 10.0. The van der Waals surface area contributed by atoms with E-state index in [1.807, 2.05) is 146 Å². The molecular weight excluding hydrogens is 1320 g/mol. The molecule has 0 unspecified atom stereocenters. The van der Waals surface area contributed by atoms with Crippen molar-refractivity contribution in [3.05, 3.63) is 280 Å². The van der Waals surface area contributed by atoms with Crippen LogP contribution in [0, 0.1) is 6.92 Å². The molecule has 10 N–H and O–H groups in total. The number of aryl methyl sites for hydroxylation is 1. The Morgan fingerprint density at radius 3 is 1.14 bits per heavy atom. The summed E-state index contributed by atoms with van der Waals surface area (Å²) in [6.07, 6.45) is 5.36. The molecule has 4 amide bonds. The number of aromatic amines is 4. The minimum Gasteiger partial charge on any atom is -0.508 e. The zero-order valence-corrected chi connectivity index (χ0v) is 57.3. The van der Waals surface area contributed by atoms with Crippen molar-refractivity contribution in [1.82, 2.24) is 67.0 Å². The van der Waals surface area contributed by atoms with E-state index >= 15 is 0 Å². The maximum Gasteiger partial charge on any atom is 0.269 e. The second-order valence-corrected chi connectivity index (χ2v) is 24.3. The van der Waals surface area contributed by atoms with Crippen LogP contribution >= 0.6 is 11.3 Å². The number of aromatic nitrogens is 9. The fraction of sp³-hybridized carbons (Fsp3) is 0.177. The summed E-state index contributed by atoms with van der Waals surface area (Å²) < 4.78 is 0.